The number of rotatable bonds is 1. The third-order valence-corrected chi connectivity index (χ3v) is 3.91. The van der Waals surface area contributed by atoms with Gasteiger partial charge in [0.15, 0.2) is 6.40 Å². The van der Waals surface area contributed by atoms with E-state index < -0.39 is 0 Å². The predicted molar refractivity (Wildman–Crippen MR) is 74.8 cm³/mol. The Kier molecular flexibility index (Phi) is 3.46. The van der Waals surface area contributed by atoms with E-state index in [1.54, 1.807) is 0 Å². The zero-order valence-corrected chi connectivity index (χ0v) is 11.9. The van der Waals surface area contributed by atoms with Crippen molar-refractivity contribution in [1.82, 2.24) is 0 Å². The van der Waals surface area contributed by atoms with Gasteiger partial charge in [0.05, 0.1) is 25.4 Å². The van der Waals surface area contributed by atoms with Crippen molar-refractivity contribution in [2.75, 3.05) is 24.6 Å². The molecule has 6 heteroatoms. The summed E-state index contributed by atoms with van der Waals surface area (Å²) in [5.74, 6) is 0.862. The Balaban J connectivity index is 1.92. The van der Waals surface area contributed by atoms with Crippen LogP contribution in [-0.2, 0) is 11.3 Å². The monoisotopic (exact) mass is 330 g/mol. The molecule has 0 radical (unpaired) electrons. The fourth-order valence-electron chi connectivity index (χ4n) is 2.12. The zero-order valence-electron chi connectivity index (χ0n) is 9.60. The molecule has 1 unspecified atom stereocenters. The summed E-state index contributed by atoms with van der Waals surface area (Å²) in [6.07, 6.45) is 1.49. The molecule has 0 N–H and O–H groups in total. The topological polar surface area (TPSA) is 34.1 Å². The lowest BCUT2D eigenvalue weighted by atomic mass is 10.1. The van der Waals surface area contributed by atoms with Crippen molar-refractivity contribution in [3.63, 3.8) is 0 Å². The van der Waals surface area contributed by atoms with E-state index in [0.717, 1.165) is 28.0 Å². The number of benzene rings is 1. The minimum absolute atomic E-state index is 0.260. The van der Waals surface area contributed by atoms with E-state index in [9.17, 15) is 0 Å². The molecule has 1 fully saturated rings. The molecule has 0 aliphatic carbocycles. The van der Waals surface area contributed by atoms with Gasteiger partial charge in [-0.1, -0.05) is 11.6 Å². The van der Waals surface area contributed by atoms with Gasteiger partial charge in [0.25, 0.3) is 0 Å². The first kappa shape index (κ1) is 12.3. The molecule has 2 heterocycles. The van der Waals surface area contributed by atoms with Crippen LogP contribution in [-0.4, -0.2) is 31.7 Å². The van der Waals surface area contributed by atoms with Crippen LogP contribution in [0.25, 0.3) is 0 Å². The number of nitrogens with zero attached hydrogens (tertiary/aromatic N) is 2. The molecule has 0 spiro atoms. The summed E-state index contributed by atoms with van der Waals surface area (Å²) >= 11 is 9.62. The average Bonchev–Trinajstić information content (AvgIpc) is 2.38. The van der Waals surface area contributed by atoms with Gasteiger partial charge in [-0.15, -0.1) is 0 Å². The largest absolute Gasteiger partial charge is 0.446 e. The number of hydrogen-bond donors (Lipinski definition) is 0. The summed E-state index contributed by atoms with van der Waals surface area (Å²) < 4.78 is 11.8. The van der Waals surface area contributed by atoms with Crippen molar-refractivity contribution in [2.24, 2.45) is 4.99 Å². The van der Waals surface area contributed by atoms with Crippen molar-refractivity contribution in [2.45, 2.75) is 12.1 Å². The van der Waals surface area contributed by atoms with Crippen LogP contribution in [0.2, 0.25) is 0 Å². The lowest BCUT2D eigenvalue weighted by Gasteiger charge is -2.33. The summed E-state index contributed by atoms with van der Waals surface area (Å²) in [4.78, 5) is 6.29. The Labute approximate surface area is 119 Å². The van der Waals surface area contributed by atoms with Crippen LogP contribution >= 0.6 is 27.5 Å². The smallest absolute Gasteiger partial charge is 0.176 e. The molecule has 0 amide bonds. The highest BCUT2D eigenvalue weighted by Gasteiger charge is 2.22. The molecule has 2 aliphatic rings. The fraction of sp³-hybridized carbons (Fsp3) is 0.417. The van der Waals surface area contributed by atoms with Gasteiger partial charge in [-0.25, -0.2) is 0 Å². The second-order valence-corrected chi connectivity index (χ2v) is 5.54. The van der Waals surface area contributed by atoms with Crippen LogP contribution in [0.3, 0.4) is 0 Å². The first-order valence-corrected chi connectivity index (χ1v) is 6.95. The van der Waals surface area contributed by atoms with E-state index in [4.69, 9.17) is 21.1 Å². The van der Waals surface area contributed by atoms with Gasteiger partial charge >= 0.3 is 0 Å². The highest BCUT2D eigenvalue weighted by molar-refractivity contribution is 9.10. The number of alkyl halides is 1. The van der Waals surface area contributed by atoms with Crippen LogP contribution in [0, 0.1) is 0 Å². The van der Waals surface area contributed by atoms with Crippen LogP contribution in [0.4, 0.5) is 5.69 Å². The maximum atomic E-state index is 6.03. The SMILES string of the molecule is ClC1CN(c2cc3c(cc2Br)CN=CO3)CCO1. The molecule has 1 saturated heterocycles. The van der Waals surface area contributed by atoms with Gasteiger partial charge < -0.3 is 14.4 Å². The van der Waals surface area contributed by atoms with Crippen LogP contribution in [0.15, 0.2) is 21.6 Å². The number of halogens is 2. The van der Waals surface area contributed by atoms with Gasteiger partial charge in [-0.2, -0.15) is 0 Å². The Morgan fingerprint density at radius 3 is 3.17 bits per heavy atom. The molecular formula is C12H12BrClN2O2. The Hall–Kier alpha value is -0.780. The number of hydrogen-bond acceptors (Lipinski definition) is 4. The fourth-order valence-corrected chi connectivity index (χ4v) is 3.01. The van der Waals surface area contributed by atoms with Crippen molar-refractivity contribution < 1.29 is 9.47 Å². The highest BCUT2D eigenvalue weighted by Crippen LogP contribution is 2.36. The molecule has 0 bridgehead atoms. The second kappa shape index (κ2) is 5.07. The van der Waals surface area contributed by atoms with Crippen molar-refractivity contribution in [3.8, 4) is 5.75 Å². The average molecular weight is 332 g/mol. The summed E-state index contributed by atoms with van der Waals surface area (Å²) in [6, 6.07) is 4.08. The summed E-state index contributed by atoms with van der Waals surface area (Å²) in [5, 5.41) is 0. The minimum Gasteiger partial charge on any atom is -0.446 e. The Morgan fingerprint density at radius 1 is 1.44 bits per heavy atom. The van der Waals surface area contributed by atoms with Crippen molar-refractivity contribution in [1.29, 1.82) is 0 Å². The number of morpholine rings is 1. The van der Waals surface area contributed by atoms with E-state index in [0.29, 0.717) is 19.7 Å². The molecule has 2 aliphatic heterocycles. The van der Waals surface area contributed by atoms with Gasteiger partial charge in [-0.3, -0.25) is 4.99 Å². The predicted octanol–water partition coefficient (Wildman–Crippen LogP) is 2.77. The van der Waals surface area contributed by atoms with Gasteiger partial charge in [0, 0.05) is 22.6 Å². The number of ether oxygens (including phenoxy) is 2. The number of fused-ring (bicyclic) bond motifs is 1. The molecule has 1 atom stereocenters. The van der Waals surface area contributed by atoms with E-state index in [2.05, 4.69) is 31.9 Å². The van der Waals surface area contributed by atoms with Gasteiger partial charge in [-0.05, 0) is 22.0 Å². The summed E-state index contributed by atoms with van der Waals surface area (Å²) in [7, 11) is 0. The van der Waals surface area contributed by atoms with E-state index >= 15 is 0 Å². The quantitative estimate of drug-likeness (QED) is 0.742. The molecule has 18 heavy (non-hydrogen) atoms. The lowest BCUT2D eigenvalue weighted by Crippen LogP contribution is -2.40. The number of anilines is 1. The minimum atomic E-state index is -0.260. The summed E-state index contributed by atoms with van der Waals surface area (Å²) in [6.45, 7) is 2.80. The third-order valence-electron chi connectivity index (χ3n) is 3.01. The lowest BCUT2D eigenvalue weighted by molar-refractivity contribution is 0.0933. The van der Waals surface area contributed by atoms with Crippen LogP contribution in [0.1, 0.15) is 5.56 Å². The highest BCUT2D eigenvalue weighted by atomic mass is 79.9. The first-order chi connectivity index (χ1) is 8.74. The van der Waals surface area contributed by atoms with Crippen molar-refractivity contribution in [3.05, 3.63) is 22.2 Å². The normalized spacial score (nSPS) is 22.6. The molecule has 0 saturated carbocycles. The van der Waals surface area contributed by atoms with E-state index in [1.807, 2.05) is 6.07 Å². The third kappa shape index (κ3) is 2.35. The molecule has 1 aromatic carbocycles. The van der Waals surface area contributed by atoms with Crippen LogP contribution in [0.5, 0.6) is 5.75 Å². The zero-order chi connectivity index (χ0) is 12.5. The Bertz CT molecular complexity index is 495. The van der Waals surface area contributed by atoms with Gasteiger partial charge in [0.1, 0.15) is 11.3 Å². The van der Waals surface area contributed by atoms with Gasteiger partial charge in [0.2, 0.25) is 0 Å². The van der Waals surface area contributed by atoms with Crippen molar-refractivity contribution >= 4 is 39.6 Å². The molecule has 3 rings (SSSR count). The maximum Gasteiger partial charge on any atom is 0.176 e. The second-order valence-electron chi connectivity index (χ2n) is 4.20. The van der Waals surface area contributed by atoms with E-state index in [-0.39, 0.29) is 5.56 Å². The Morgan fingerprint density at radius 2 is 2.33 bits per heavy atom. The first-order valence-electron chi connectivity index (χ1n) is 5.72. The standard InChI is InChI=1S/C12H12BrClN2O2/c13-9-3-8-5-15-7-18-11(8)4-10(9)16-1-2-17-12(14)6-16/h3-4,7,12H,1-2,5-6H2. The molecule has 96 valence electrons. The molecule has 1 aromatic rings. The van der Waals surface area contributed by atoms with E-state index in [1.165, 1.54) is 6.40 Å². The number of aliphatic imine (C=N–C) groups is 1. The summed E-state index contributed by atoms with van der Waals surface area (Å²) in [5.41, 5.74) is 1.91. The molecular weight excluding hydrogens is 320 g/mol. The molecule has 4 nitrogen and oxygen atoms in total. The molecule has 0 aromatic heterocycles. The maximum absolute atomic E-state index is 6.03. The van der Waals surface area contributed by atoms with Crippen LogP contribution < -0.4 is 9.64 Å².